The molecule has 4 aromatic rings. The van der Waals surface area contributed by atoms with Crippen LogP contribution in [0, 0.1) is 17.8 Å². The highest BCUT2D eigenvalue weighted by molar-refractivity contribution is 6.03. The van der Waals surface area contributed by atoms with E-state index in [0.717, 1.165) is 96.0 Å². The van der Waals surface area contributed by atoms with Crippen molar-refractivity contribution in [2.24, 2.45) is 22.9 Å². The maximum atomic E-state index is 14.9. The SMILES string of the molecule is C=CCOC12Oc3ccc(Oc4ccc5ccccc5c4)cc3C3C(CCCCO)C(CCCCO)C=C(C(=NOCc4ccccc4)CC1N(CCC)C(=O)CCCCCCCCCCC)C32. The van der Waals surface area contributed by atoms with Gasteiger partial charge < -0.3 is 34.2 Å². The molecule has 0 aromatic heterocycles. The van der Waals surface area contributed by atoms with Gasteiger partial charge in [0.1, 0.15) is 29.9 Å². The molecule has 1 fully saturated rings. The molecular formula is C59H78N2O7. The molecule has 0 bridgehead atoms. The van der Waals surface area contributed by atoms with Crippen molar-refractivity contribution < 1.29 is 34.1 Å². The van der Waals surface area contributed by atoms with Gasteiger partial charge in [0.2, 0.25) is 11.7 Å². The minimum absolute atomic E-state index is 0.112. The molecule has 2 N–H and O–H groups in total. The molecule has 68 heavy (non-hydrogen) atoms. The third-order valence-electron chi connectivity index (χ3n) is 14.5. The Labute approximate surface area is 406 Å². The summed E-state index contributed by atoms with van der Waals surface area (Å²) in [6.07, 6.45) is 21.3. The van der Waals surface area contributed by atoms with E-state index in [2.05, 4.69) is 61.7 Å². The van der Waals surface area contributed by atoms with Gasteiger partial charge in [0, 0.05) is 44.1 Å². The quantitative estimate of drug-likeness (QED) is 0.0317. The summed E-state index contributed by atoms with van der Waals surface area (Å²) in [5.41, 5.74) is 3.90. The number of ether oxygens (including phenoxy) is 3. The molecule has 0 saturated heterocycles. The molecule has 2 aliphatic carbocycles. The number of rotatable bonds is 29. The van der Waals surface area contributed by atoms with E-state index in [4.69, 9.17) is 24.2 Å². The number of nitrogens with zero attached hydrogens (tertiary/aromatic N) is 2. The summed E-state index contributed by atoms with van der Waals surface area (Å²) in [6.45, 7) is 9.85. The fraction of sp³-hybridized carbons (Fsp3) is 0.525. The van der Waals surface area contributed by atoms with Gasteiger partial charge in [-0.25, -0.2) is 0 Å². The van der Waals surface area contributed by atoms with Crippen LogP contribution in [0.1, 0.15) is 146 Å². The molecule has 1 saturated carbocycles. The molecule has 9 heteroatoms. The van der Waals surface area contributed by atoms with Crippen LogP contribution in [0.3, 0.4) is 0 Å². The number of carbonyl (C=O) groups excluding carboxylic acids is 1. The highest BCUT2D eigenvalue weighted by Crippen LogP contribution is 2.62. The lowest BCUT2D eigenvalue weighted by Crippen LogP contribution is -2.70. The lowest BCUT2D eigenvalue weighted by molar-refractivity contribution is -0.257. The van der Waals surface area contributed by atoms with Crippen molar-refractivity contribution in [2.45, 2.75) is 154 Å². The largest absolute Gasteiger partial charge is 0.459 e. The zero-order chi connectivity index (χ0) is 47.6. The second-order valence-electron chi connectivity index (χ2n) is 19.3. The van der Waals surface area contributed by atoms with Crippen LogP contribution in [-0.2, 0) is 21.0 Å². The van der Waals surface area contributed by atoms with Crippen LogP contribution in [0.5, 0.6) is 17.2 Å². The number of fused-ring (bicyclic) bond motifs is 3. The van der Waals surface area contributed by atoms with Crippen molar-refractivity contribution in [2.75, 3.05) is 26.4 Å². The molecule has 366 valence electrons. The number of allylic oxidation sites excluding steroid dienone is 1. The summed E-state index contributed by atoms with van der Waals surface area (Å²) in [4.78, 5) is 23.3. The summed E-state index contributed by atoms with van der Waals surface area (Å²) < 4.78 is 21.4. The number of hydrogen-bond acceptors (Lipinski definition) is 8. The lowest BCUT2D eigenvalue weighted by atomic mass is 9.55. The van der Waals surface area contributed by atoms with Crippen LogP contribution in [0.2, 0.25) is 0 Å². The molecule has 6 unspecified atom stereocenters. The number of hydrogen-bond donors (Lipinski definition) is 2. The first kappa shape index (κ1) is 50.9. The first-order valence-corrected chi connectivity index (χ1v) is 26.1. The third-order valence-corrected chi connectivity index (χ3v) is 14.5. The Morgan fingerprint density at radius 2 is 1.49 bits per heavy atom. The van der Waals surface area contributed by atoms with Crippen LogP contribution in [0.25, 0.3) is 10.8 Å². The standard InChI is InChI=1S/C59H78N2O7/c1-4-7-8-9-10-11-12-13-17-30-56(64)61(35-5-2)55-42-53(60-66-43-44-24-15-14-16-25-44)51-40-47(28-20-22-36-62)50(29-21-23-37-63)57-52-41-49(67-48-32-31-45-26-18-19-27-46(45)39-48)33-34-54(52)68-59(55,58(51)57)65-38-6-3/h6,14-16,18-19,24-27,31-34,39-41,47,50,55,57-58,62-63H,3-5,7-13,17,20-23,28-30,35-38,42-43H2,1-2H3. The minimum atomic E-state index is -1.29. The number of amides is 1. The number of benzene rings is 4. The molecule has 6 atom stereocenters. The van der Waals surface area contributed by atoms with Crippen molar-refractivity contribution in [1.29, 1.82) is 0 Å². The summed E-state index contributed by atoms with van der Waals surface area (Å²) in [5, 5.41) is 27.4. The Kier molecular flexibility index (Phi) is 19.6. The van der Waals surface area contributed by atoms with Gasteiger partial charge in [-0.3, -0.25) is 4.79 Å². The Morgan fingerprint density at radius 1 is 0.794 bits per heavy atom. The van der Waals surface area contributed by atoms with Crippen molar-refractivity contribution >= 4 is 22.4 Å². The van der Waals surface area contributed by atoms with E-state index in [1.165, 1.54) is 38.5 Å². The van der Waals surface area contributed by atoms with Gasteiger partial charge in [-0.1, -0.05) is 156 Å². The normalized spacial score (nSPS) is 22.2. The number of aliphatic hydroxyl groups excluding tert-OH is 2. The van der Waals surface area contributed by atoms with E-state index >= 15 is 0 Å². The molecule has 1 aliphatic heterocycles. The van der Waals surface area contributed by atoms with Crippen molar-refractivity contribution in [3.8, 4) is 17.2 Å². The van der Waals surface area contributed by atoms with E-state index in [9.17, 15) is 15.0 Å². The van der Waals surface area contributed by atoms with E-state index in [-0.39, 0.29) is 49.4 Å². The average Bonchev–Trinajstić information content (AvgIpc) is 3.36. The predicted octanol–water partition coefficient (Wildman–Crippen LogP) is 13.6. The zero-order valence-electron chi connectivity index (χ0n) is 41.0. The molecule has 0 spiro atoms. The van der Waals surface area contributed by atoms with E-state index in [1.807, 2.05) is 60.7 Å². The maximum Gasteiger partial charge on any atom is 0.239 e. The van der Waals surface area contributed by atoms with E-state index in [1.54, 1.807) is 6.08 Å². The first-order valence-electron chi connectivity index (χ1n) is 26.1. The number of oxime groups is 1. The van der Waals surface area contributed by atoms with E-state index in [0.29, 0.717) is 44.6 Å². The molecule has 0 radical (unpaired) electrons. The first-order chi connectivity index (χ1) is 33.4. The van der Waals surface area contributed by atoms with E-state index < -0.39 is 11.8 Å². The van der Waals surface area contributed by atoms with Gasteiger partial charge in [-0.15, -0.1) is 6.58 Å². The number of aliphatic hydroxyl groups is 2. The third kappa shape index (κ3) is 12.6. The van der Waals surface area contributed by atoms with Gasteiger partial charge >= 0.3 is 0 Å². The Hall–Kier alpha value is -4.96. The molecule has 7 rings (SSSR count). The Morgan fingerprint density at radius 3 is 2.22 bits per heavy atom. The van der Waals surface area contributed by atoms with Gasteiger partial charge in [-0.05, 0) is 103 Å². The second-order valence-corrected chi connectivity index (χ2v) is 19.3. The van der Waals surface area contributed by atoms with Gasteiger partial charge in [0.25, 0.3) is 0 Å². The second kappa shape index (κ2) is 26.1. The zero-order valence-corrected chi connectivity index (χ0v) is 41.0. The summed E-state index contributed by atoms with van der Waals surface area (Å²) in [7, 11) is 0. The topological polar surface area (TPSA) is 110 Å². The molecule has 1 heterocycles. The smallest absolute Gasteiger partial charge is 0.239 e. The monoisotopic (exact) mass is 927 g/mol. The van der Waals surface area contributed by atoms with Crippen molar-refractivity contribution in [1.82, 2.24) is 4.90 Å². The molecule has 4 aromatic carbocycles. The molecule has 1 amide bonds. The van der Waals surface area contributed by atoms with Crippen molar-refractivity contribution in [3.05, 3.63) is 126 Å². The minimum Gasteiger partial charge on any atom is -0.459 e. The molecule has 9 nitrogen and oxygen atoms in total. The van der Waals surface area contributed by atoms with Crippen LogP contribution >= 0.6 is 0 Å². The van der Waals surface area contributed by atoms with Gasteiger partial charge in [-0.2, -0.15) is 0 Å². The van der Waals surface area contributed by atoms with Crippen LogP contribution in [0.15, 0.2) is 120 Å². The van der Waals surface area contributed by atoms with Gasteiger partial charge in [0.15, 0.2) is 0 Å². The fourth-order valence-corrected chi connectivity index (χ4v) is 11.3. The molecule has 3 aliphatic rings. The average molecular weight is 927 g/mol. The van der Waals surface area contributed by atoms with Crippen LogP contribution < -0.4 is 9.47 Å². The predicted molar refractivity (Wildman–Crippen MR) is 274 cm³/mol. The lowest BCUT2D eigenvalue weighted by Gasteiger charge is -2.60. The van der Waals surface area contributed by atoms with Crippen molar-refractivity contribution in [3.63, 3.8) is 0 Å². The maximum absolute atomic E-state index is 14.9. The highest BCUT2D eigenvalue weighted by atomic mass is 16.7. The van der Waals surface area contributed by atoms with Crippen LogP contribution in [-0.4, -0.2) is 64.9 Å². The number of unbranched alkanes of at least 4 members (excludes halogenated alkanes) is 10. The summed E-state index contributed by atoms with van der Waals surface area (Å²) in [6, 6.07) is 30.2. The molecular weight excluding hydrogens is 849 g/mol. The number of carbonyl (C=O) groups is 1. The summed E-state index contributed by atoms with van der Waals surface area (Å²) >= 11 is 0. The Bertz CT molecular complexity index is 2260. The highest BCUT2D eigenvalue weighted by Gasteiger charge is 2.65. The Balaban J connectivity index is 1.33. The fourth-order valence-electron chi connectivity index (χ4n) is 11.3. The summed E-state index contributed by atoms with van der Waals surface area (Å²) in [5.74, 6) is 0.723. The van der Waals surface area contributed by atoms with Gasteiger partial charge in [0.05, 0.1) is 18.2 Å². The van der Waals surface area contributed by atoms with Crippen LogP contribution in [0.4, 0.5) is 0 Å².